The minimum Gasteiger partial charge on any atom is -0.507 e. The van der Waals surface area contributed by atoms with Gasteiger partial charge < -0.3 is 24.6 Å². The number of carbonyl (C=O) groups excluding carboxylic acids is 2. The van der Waals surface area contributed by atoms with E-state index in [0.29, 0.717) is 30.4 Å². The third-order valence-electron chi connectivity index (χ3n) is 4.39. The number of hydrogen-bond acceptors (Lipinski definition) is 9. The van der Waals surface area contributed by atoms with Crippen molar-refractivity contribution in [2.24, 2.45) is 0 Å². The topological polar surface area (TPSA) is 140 Å². The monoisotopic (exact) mass is 490 g/mol. The van der Waals surface area contributed by atoms with Gasteiger partial charge in [-0.15, -0.1) is 11.3 Å². The number of esters is 1. The van der Waals surface area contributed by atoms with E-state index in [1.165, 1.54) is 12.1 Å². The zero-order valence-electron chi connectivity index (χ0n) is 16.9. The first-order valence-electron chi connectivity index (χ1n) is 9.58. The molecule has 10 nitrogen and oxygen atoms in total. The number of carbonyl (C=O) groups is 2. The lowest BCUT2D eigenvalue weighted by Crippen LogP contribution is -2.21. The summed E-state index contributed by atoms with van der Waals surface area (Å²) in [4.78, 5) is 24.6. The Morgan fingerprint density at radius 1 is 1.03 bits per heavy atom. The van der Waals surface area contributed by atoms with E-state index < -0.39 is 34.3 Å². The minimum atomic E-state index is -3.84. The van der Waals surface area contributed by atoms with Gasteiger partial charge in [0.15, 0.2) is 18.1 Å². The average molecular weight is 491 g/mol. The van der Waals surface area contributed by atoms with Crippen LogP contribution in [0.1, 0.15) is 10.4 Å². The average Bonchev–Trinajstić information content (AvgIpc) is 3.35. The molecule has 0 radical (unpaired) electrons. The van der Waals surface area contributed by atoms with Crippen molar-refractivity contribution in [3.05, 3.63) is 59.5 Å². The quantitative estimate of drug-likeness (QED) is 0.339. The van der Waals surface area contributed by atoms with Gasteiger partial charge in [-0.05, 0) is 41.8 Å². The maximum absolute atomic E-state index is 12.4. The molecule has 4 rings (SSSR count). The molecule has 0 bridgehead atoms. The predicted molar refractivity (Wildman–Crippen MR) is 120 cm³/mol. The number of fused-ring (bicyclic) bond motifs is 1. The molecule has 0 spiro atoms. The van der Waals surface area contributed by atoms with E-state index in [-0.39, 0.29) is 15.5 Å². The summed E-state index contributed by atoms with van der Waals surface area (Å²) in [7, 11) is -3.84. The molecule has 1 aliphatic rings. The van der Waals surface area contributed by atoms with Crippen molar-refractivity contribution < 1.29 is 37.3 Å². The van der Waals surface area contributed by atoms with Gasteiger partial charge in [0.25, 0.3) is 15.9 Å². The zero-order valence-corrected chi connectivity index (χ0v) is 18.6. The summed E-state index contributed by atoms with van der Waals surface area (Å²) in [5, 5.41) is 14.2. The van der Waals surface area contributed by atoms with Gasteiger partial charge in [0.1, 0.15) is 28.7 Å². The van der Waals surface area contributed by atoms with E-state index >= 15 is 0 Å². The molecule has 0 aliphatic carbocycles. The first-order valence-corrected chi connectivity index (χ1v) is 11.9. The summed E-state index contributed by atoms with van der Waals surface area (Å²) in [6.07, 6.45) is 0. The van der Waals surface area contributed by atoms with Crippen LogP contribution in [0.15, 0.2) is 58.1 Å². The SMILES string of the molecule is O=C(COC(=O)c1cc(NS(=O)(=O)c2cccs2)ccc1O)Nc1ccc2c(c1)OCCO2. The lowest BCUT2D eigenvalue weighted by Gasteiger charge is -2.19. The highest BCUT2D eigenvalue weighted by Crippen LogP contribution is 2.32. The van der Waals surface area contributed by atoms with Crippen LogP contribution in [0.5, 0.6) is 17.2 Å². The number of ether oxygens (including phenoxy) is 3. The Kier molecular flexibility index (Phi) is 6.38. The van der Waals surface area contributed by atoms with Crippen LogP contribution in [-0.4, -0.2) is 45.2 Å². The van der Waals surface area contributed by atoms with Crippen LogP contribution < -0.4 is 19.5 Å². The van der Waals surface area contributed by atoms with Gasteiger partial charge in [0.05, 0.1) is 0 Å². The number of thiophene rings is 1. The van der Waals surface area contributed by atoms with Gasteiger partial charge in [-0.2, -0.15) is 0 Å². The van der Waals surface area contributed by atoms with Gasteiger partial charge in [0.2, 0.25) is 0 Å². The van der Waals surface area contributed by atoms with E-state index in [9.17, 15) is 23.1 Å². The number of sulfonamides is 1. The van der Waals surface area contributed by atoms with E-state index in [2.05, 4.69) is 10.0 Å². The maximum atomic E-state index is 12.4. The van der Waals surface area contributed by atoms with E-state index in [0.717, 1.165) is 23.5 Å². The van der Waals surface area contributed by atoms with Crippen molar-refractivity contribution in [2.75, 3.05) is 29.9 Å². The Morgan fingerprint density at radius 2 is 1.79 bits per heavy atom. The lowest BCUT2D eigenvalue weighted by molar-refractivity contribution is -0.119. The molecule has 33 heavy (non-hydrogen) atoms. The number of amides is 1. The second-order valence-electron chi connectivity index (χ2n) is 6.75. The van der Waals surface area contributed by atoms with Crippen LogP contribution in [0.4, 0.5) is 11.4 Å². The summed E-state index contributed by atoms with van der Waals surface area (Å²) in [5.74, 6) is -0.985. The molecule has 1 aliphatic heterocycles. The van der Waals surface area contributed by atoms with Gasteiger partial charge in [0, 0.05) is 17.4 Å². The standard InChI is InChI=1S/C21H18N2O8S2/c24-16-5-3-14(23-33(27,28)20-2-1-9-32-20)10-15(16)21(26)31-12-19(25)22-13-4-6-17-18(11-13)30-8-7-29-17/h1-6,9-11,23-24H,7-8,12H2,(H,22,25). The molecule has 3 aromatic rings. The first kappa shape index (κ1) is 22.4. The summed E-state index contributed by atoms with van der Waals surface area (Å²) >= 11 is 1.03. The number of phenols is 1. The molecular formula is C21H18N2O8S2. The number of rotatable bonds is 7. The van der Waals surface area contributed by atoms with Gasteiger partial charge in [-0.3, -0.25) is 9.52 Å². The van der Waals surface area contributed by atoms with Gasteiger partial charge in [-0.1, -0.05) is 6.07 Å². The molecule has 2 heterocycles. The lowest BCUT2D eigenvalue weighted by atomic mass is 10.2. The molecule has 0 saturated carbocycles. The van der Waals surface area contributed by atoms with Gasteiger partial charge >= 0.3 is 5.97 Å². The Morgan fingerprint density at radius 3 is 2.55 bits per heavy atom. The summed E-state index contributed by atoms with van der Waals surface area (Å²) in [5.41, 5.74) is 0.176. The molecule has 12 heteroatoms. The molecule has 2 aromatic carbocycles. The minimum absolute atomic E-state index is 0.0499. The van der Waals surface area contributed by atoms with Crippen LogP contribution in [0.2, 0.25) is 0 Å². The molecule has 3 N–H and O–H groups in total. The summed E-state index contributed by atoms with van der Waals surface area (Å²) in [6, 6.07) is 11.5. The maximum Gasteiger partial charge on any atom is 0.342 e. The van der Waals surface area contributed by atoms with Crippen molar-refractivity contribution in [1.29, 1.82) is 0 Å². The van der Waals surface area contributed by atoms with Crippen molar-refractivity contribution in [3.8, 4) is 17.2 Å². The van der Waals surface area contributed by atoms with Crippen molar-refractivity contribution in [3.63, 3.8) is 0 Å². The molecule has 0 fully saturated rings. The number of aromatic hydroxyl groups is 1. The van der Waals surface area contributed by atoms with Crippen molar-refractivity contribution >= 4 is 44.6 Å². The largest absolute Gasteiger partial charge is 0.507 e. The van der Waals surface area contributed by atoms with E-state index in [1.54, 1.807) is 29.6 Å². The normalized spacial score (nSPS) is 12.6. The molecule has 1 amide bonds. The molecular weight excluding hydrogens is 472 g/mol. The molecule has 1 aromatic heterocycles. The van der Waals surface area contributed by atoms with Crippen molar-refractivity contribution in [2.45, 2.75) is 4.21 Å². The smallest absolute Gasteiger partial charge is 0.342 e. The Labute approximate surface area is 192 Å². The highest BCUT2D eigenvalue weighted by atomic mass is 32.2. The van der Waals surface area contributed by atoms with E-state index in [1.807, 2.05) is 0 Å². The van der Waals surface area contributed by atoms with Gasteiger partial charge in [-0.25, -0.2) is 13.2 Å². The predicted octanol–water partition coefficient (Wildman–Crippen LogP) is 2.82. The Balaban J connectivity index is 1.38. The van der Waals surface area contributed by atoms with Crippen LogP contribution in [0.3, 0.4) is 0 Å². The van der Waals surface area contributed by atoms with E-state index in [4.69, 9.17) is 14.2 Å². The molecule has 172 valence electrons. The number of nitrogens with one attached hydrogen (secondary N) is 2. The third kappa shape index (κ3) is 5.35. The fourth-order valence-corrected chi connectivity index (χ4v) is 4.95. The highest BCUT2D eigenvalue weighted by Gasteiger charge is 2.20. The number of hydrogen-bond donors (Lipinski definition) is 3. The van der Waals surface area contributed by atoms with Crippen LogP contribution >= 0.6 is 11.3 Å². The summed E-state index contributed by atoms with van der Waals surface area (Å²) in [6.45, 7) is 0.212. The third-order valence-corrected chi connectivity index (χ3v) is 7.17. The Hall–Kier alpha value is -3.77. The van der Waals surface area contributed by atoms with Crippen molar-refractivity contribution in [1.82, 2.24) is 0 Å². The number of benzene rings is 2. The van der Waals surface area contributed by atoms with Crippen LogP contribution in [0, 0.1) is 0 Å². The first-order chi connectivity index (χ1) is 15.8. The van der Waals surface area contributed by atoms with Crippen LogP contribution in [0.25, 0.3) is 0 Å². The number of phenolic OH excluding ortho intramolecular Hbond substituents is 1. The molecule has 0 atom stereocenters. The second kappa shape index (κ2) is 9.38. The fraction of sp³-hybridized carbons (Fsp3) is 0.143. The second-order valence-corrected chi connectivity index (χ2v) is 9.61. The fourth-order valence-electron chi connectivity index (χ4n) is 2.91. The number of anilines is 2. The molecule has 0 unspecified atom stereocenters. The van der Waals surface area contributed by atoms with Crippen LogP contribution in [-0.2, 0) is 19.6 Å². The Bertz CT molecular complexity index is 1290. The zero-order chi connectivity index (χ0) is 23.4. The highest BCUT2D eigenvalue weighted by molar-refractivity contribution is 7.94. The molecule has 0 saturated heterocycles. The summed E-state index contributed by atoms with van der Waals surface area (Å²) < 4.78 is 43.0.